The molecule has 18 heavy (non-hydrogen) atoms. The van der Waals surface area contributed by atoms with Crippen LogP contribution < -0.4 is 4.74 Å². The predicted molar refractivity (Wildman–Crippen MR) is 74.7 cm³/mol. The van der Waals surface area contributed by atoms with Gasteiger partial charge >= 0.3 is 5.97 Å². The summed E-state index contributed by atoms with van der Waals surface area (Å²) in [6, 6.07) is 5.72. The topological polar surface area (TPSA) is 26.3 Å². The standard InChI is InChI=1S/C16H20O2/c1-5-7-10-14(6-2)16(17)18-15-11-8-9-12(3)13(15)4/h5,7-11H,6H2,1-4H3/b7-5+,14-10+. The third kappa shape index (κ3) is 3.59. The molecule has 0 aliphatic rings. The van der Waals surface area contributed by atoms with Crippen LogP contribution in [-0.4, -0.2) is 5.97 Å². The average Bonchev–Trinajstić information content (AvgIpc) is 2.36. The van der Waals surface area contributed by atoms with Crippen molar-refractivity contribution in [2.24, 2.45) is 0 Å². The van der Waals surface area contributed by atoms with Gasteiger partial charge in [0.05, 0.1) is 0 Å². The fourth-order valence-corrected chi connectivity index (χ4v) is 1.54. The molecule has 0 radical (unpaired) electrons. The van der Waals surface area contributed by atoms with Crippen LogP contribution in [0.15, 0.2) is 42.0 Å². The van der Waals surface area contributed by atoms with Crippen molar-refractivity contribution >= 4 is 5.97 Å². The average molecular weight is 244 g/mol. The fourth-order valence-electron chi connectivity index (χ4n) is 1.54. The Bertz CT molecular complexity index is 482. The molecule has 0 N–H and O–H groups in total. The van der Waals surface area contributed by atoms with Crippen molar-refractivity contribution in [2.75, 3.05) is 0 Å². The minimum atomic E-state index is -0.274. The first-order chi connectivity index (χ1) is 8.60. The molecule has 0 bridgehead atoms. The number of aryl methyl sites for hydroxylation is 1. The number of esters is 1. The maximum atomic E-state index is 12.0. The lowest BCUT2D eigenvalue weighted by atomic mass is 10.1. The molecule has 0 spiro atoms. The molecular formula is C16H20O2. The van der Waals surface area contributed by atoms with Gasteiger partial charge in [0.2, 0.25) is 0 Å². The summed E-state index contributed by atoms with van der Waals surface area (Å²) in [6.45, 7) is 7.82. The molecule has 1 aromatic carbocycles. The van der Waals surface area contributed by atoms with Gasteiger partial charge in [-0.05, 0) is 44.4 Å². The van der Waals surface area contributed by atoms with Gasteiger partial charge in [-0.15, -0.1) is 0 Å². The summed E-state index contributed by atoms with van der Waals surface area (Å²) in [5.41, 5.74) is 2.80. The predicted octanol–water partition coefficient (Wildman–Crippen LogP) is 4.12. The minimum absolute atomic E-state index is 0.274. The van der Waals surface area contributed by atoms with Crippen molar-refractivity contribution in [1.29, 1.82) is 0 Å². The second-order valence-electron chi connectivity index (χ2n) is 4.16. The molecular weight excluding hydrogens is 224 g/mol. The van der Waals surface area contributed by atoms with Crippen molar-refractivity contribution < 1.29 is 9.53 Å². The number of benzene rings is 1. The molecule has 2 nitrogen and oxygen atoms in total. The van der Waals surface area contributed by atoms with E-state index in [9.17, 15) is 4.79 Å². The maximum absolute atomic E-state index is 12.0. The highest BCUT2D eigenvalue weighted by Crippen LogP contribution is 2.21. The van der Waals surface area contributed by atoms with Crippen LogP contribution in [0.25, 0.3) is 0 Å². The molecule has 0 fully saturated rings. The number of hydrogen-bond donors (Lipinski definition) is 0. The van der Waals surface area contributed by atoms with Crippen molar-refractivity contribution in [2.45, 2.75) is 34.1 Å². The number of carbonyl (C=O) groups is 1. The van der Waals surface area contributed by atoms with Crippen molar-refractivity contribution in [3.8, 4) is 5.75 Å². The number of carbonyl (C=O) groups excluding carboxylic acids is 1. The van der Waals surface area contributed by atoms with E-state index in [2.05, 4.69) is 0 Å². The number of hydrogen-bond acceptors (Lipinski definition) is 2. The summed E-state index contributed by atoms with van der Waals surface area (Å²) >= 11 is 0. The molecule has 96 valence electrons. The van der Waals surface area contributed by atoms with E-state index in [1.54, 1.807) is 6.08 Å². The van der Waals surface area contributed by atoms with E-state index in [1.165, 1.54) is 0 Å². The van der Waals surface area contributed by atoms with Crippen LogP contribution >= 0.6 is 0 Å². The van der Waals surface area contributed by atoms with Gasteiger partial charge in [-0.2, -0.15) is 0 Å². The Labute approximate surface area is 109 Å². The van der Waals surface area contributed by atoms with Gasteiger partial charge in [0.1, 0.15) is 5.75 Å². The van der Waals surface area contributed by atoms with Crippen LogP contribution in [0, 0.1) is 13.8 Å². The molecule has 0 aromatic heterocycles. The summed E-state index contributed by atoms with van der Waals surface area (Å²) < 4.78 is 5.43. The van der Waals surface area contributed by atoms with E-state index in [-0.39, 0.29) is 5.97 Å². The molecule has 0 atom stereocenters. The number of ether oxygens (including phenoxy) is 1. The Morgan fingerprint density at radius 2 is 2.06 bits per heavy atom. The first-order valence-electron chi connectivity index (χ1n) is 6.20. The Morgan fingerprint density at radius 1 is 1.33 bits per heavy atom. The third-order valence-corrected chi connectivity index (χ3v) is 2.89. The van der Waals surface area contributed by atoms with Gasteiger partial charge in [-0.25, -0.2) is 4.79 Å². The van der Waals surface area contributed by atoms with E-state index in [4.69, 9.17) is 4.74 Å². The first kappa shape index (κ1) is 14.2. The normalized spacial score (nSPS) is 11.9. The quantitative estimate of drug-likeness (QED) is 0.344. The lowest BCUT2D eigenvalue weighted by Crippen LogP contribution is -2.11. The Hall–Kier alpha value is -1.83. The van der Waals surface area contributed by atoms with Crippen molar-refractivity contribution in [1.82, 2.24) is 0 Å². The van der Waals surface area contributed by atoms with Gasteiger partial charge in [-0.1, -0.05) is 37.3 Å². The number of allylic oxidation sites excluding steroid dienone is 3. The van der Waals surface area contributed by atoms with Crippen LogP contribution in [0.4, 0.5) is 0 Å². The van der Waals surface area contributed by atoms with Gasteiger partial charge in [0.15, 0.2) is 0 Å². The van der Waals surface area contributed by atoms with Crippen LogP contribution in [0.5, 0.6) is 5.75 Å². The number of rotatable bonds is 4. The van der Waals surface area contributed by atoms with E-state index in [0.29, 0.717) is 17.7 Å². The summed E-state index contributed by atoms with van der Waals surface area (Å²) in [4.78, 5) is 12.0. The molecule has 0 heterocycles. The second-order valence-corrected chi connectivity index (χ2v) is 4.16. The molecule has 0 saturated carbocycles. The molecule has 1 rings (SSSR count). The zero-order valence-electron chi connectivity index (χ0n) is 11.5. The summed E-state index contributed by atoms with van der Waals surface area (Å²) in [5, 5.41) is 0. The highest BCUT2D eigenvalue weighted by Gasteiger charge is 2.11. The Kier molecular flexibility index (Phi) is 5.37. The Morgan fingerprint density at radius 3 is 2.67 bits per heavy atom. The monoisotopic (exact) mass is 244 g/mol. The largest absolute Gasteiger partial charge is 0.423 e. The molecule has 0 saturated heterocycles. The van der Waals surface area contributed by atoms with Crippen LogP contribution in [0.2, 0.25) is 0 Å². The Balaban J connectivity index is 2.90. The smallest absolute Gasteiger partial charge is 0.339 e. The van der Waals surface area contributed by atoms with Crippen LogP contribution in [0.1, 0.15) is 31.4 Å². The summed E-state index contributed by atoms with van der Waals surface area (Å²) in [6.07, 6.45) is 6.20. The molecule has 1 aromatic rings. The second kappa shape index (κ2) is 6.80. The zero-order valence-corrected chi connectivity index (χ0v) is 11.5. The lowest BCUT2D eigenvalue weighted by molar-refractivity contribution is -0.130. The van der Waals surface area contributed by atoms with E-state index >= 15 is 0 Å². The van der Waals surface area contributed by atoms with Gasteiger partial charge in [-0.3, -0.25) is 0 Å². The van der Waals surface area contributed by atoms with Gasteiger partial charge in [0.25, 0.3) is 0 Å². The highest BCUT2D eigenvalue weighted by molar-refractivity contribution is 5.90. The first-order valence-corrected chi connectivity index (χ1v) is 6.20. The lowest BCUT2D eigenvalue weighted by Gasteiger charge is -2.10. The van der Waals surface area contributed by atoms with Crippen LogP contribution in [-0.2, 0) is 4.79 Å². The van der Waals surface area contributed by atoms with Crippen molar-refractivity contribution in [3.63, 3.8) is 0 Å². The highest BCUT2D eigenvalue weighted by atomic mass is 16.5. The van der Waals surface area contributed by atoms with E-state index in [1.807, 2.05) is 58.0 Å². The van der Waals surface area contributed by atoms with Crippen molar-refractivity contribution in [3.05, 3.63) is 53.1 Å². The zero-order chi connectivity index (χ0) is 13.5. The van der Waals surface area contributed by atoms with E-state index in [0.717, 1.165) is 11.1 Å². The third-order valence-electron chi connectivity index (χ3n) is 2.89. The maximum Gasteiger partial charge on any atom is 0.339 e. The van der Waals surface area contributed by atoms with Gasteiger partial charge in [0, 0.05) is 5.57 Å². The summed E-state index contributed by atoms with van der Waals surface area (Å²) in [7, 11) is 0. The molecule has 0 amide bonds. The summed E-state index contributed by atoms with van der Waals surface area (Å²) in [5.74, 6) is 0.365. The SMILES string of the molecule is C/C=C/C=C(\CC)C(=O)Oc1cccc(C)c1C. The minimum Gasteiger partial charge on any atom is -0.423 e. The van der Waals surface area contributed by atoms with Gasteiger partial charge < -0.3 is 4.74 Å². The molecule has 0 aliphatic heterocycles. The van der Waals surface area contributed by atoms with Crippen LogP contribution in [0.3, 0.4) is 0 Å². The molecule has 0 aliphatic carbocycles. The van der Waals surface area contributed by atoms with E-state index < -0.39 is 0 Å². The fraction of sp³-hybridized carbons (Fsp3) is 0.312. The molecule has 0 unspecified atom stereocenters. The molecule has 2 heteroatoms.